The number of hydrogen-bond donors (Lipinski definition) is 2. The second-order valence-electron chi connectivity index (χ2n) is 4.24. The lowest BCUT2D eigenvalue weighted by molar-refractivity contribution is 0.447. The average molecular weight is 381 g/mol. The van der Waals surface area contributed by atoms with Crippen LogP contribution in [0.3, 0.4) is 0 Å². The maximum atomic E-state index is 12.2. The third-order valence-corrected chi connectivity index (χ3v) is 5.19. The zero-order valence-electron chi connectivity index (χ0n) is 10.8. The summed E-state index contributed by atoms with van der Waals surface area (Å²) in [5.74, 6) is 0.531. The molecule has 0 aromatic carbocycles. The Morgan fingerprint density at radius 1 is 1.50 bits per heavy atom. The van der Waals surface area contributed by atoms with E-state index in [1.54, 1.807) is 0 Å². The van der Waals surface area contributed by atoms with Gasteiger partial charge in [-0.2, -0.15) is 0 Å². The molecule has 0 aliphatic rings. The van der Waals surface area contributed by atoms with Crippen molar-refractivity contribution in [1.82, 2.24) is 15.5 Å². The number of anilines is 1. The van der Waals surface area contributed by atoms with Gasteiger partial charge in [0.05, 0.1) is 6.54 Å². The Hall–Kier alpha value is -0.970. The molecule has 110 valence electrons. The fourth-order valence-electron chi connectivity index (χ4n) is 1.36. The van der Waals surface area contributed by atoms with Crippen molar-refractivity contribution in [3.8, 4) is 0 Å². The van der Waals surface area contributed by atoms with Crippen LogP contribution in [-0.4, -0.2) is 24.7 Å². The molecule has 20 heavy (non-hydrogen) atoms. The standard InChI is InChI=1S/C10H13BrN4O3S2/c1-6(2)12-4-7-3-8(9(11)18-7)20(16,17)15-10-14-13-5-19-10/h3,5-6,12H,4H2,1-2H3,(H,14,15). The van der Waals surface area contributed by atoms with Gasteiger partial charge in [-0.1, -0.05) is 25.2 Å². The van der Waals surface area contributed by atoms with E-state index in [9.17, 15) is 8.42 Å². The number of furan rings is 1. The summed E-state index contributed by atoms with van der Waals surface area (Å²) in [7, 11) is -3.74. The predicted octanol–water partition coefficient (Wildman–Crippen LogP) is 2.19. The first-order chi connectivity index (χ1) is 9.38. The third-order valence-electron chi connectivity index (χ3n) is 2.26. The van der Waals surface area contributed by atoms with Crippen molar-refractivity contribution in [3.63, 3.8) is 0 Å². The molecular formula is C10H13BrN4O3S2. The molecule has 0 unspecified atom stereocenters. The van der Waals surface area contributed by atoms with E-state index in [2.05, 4.69) is 36.2 Å². The Labute approximate surface area is 129 Å². The molecule has 0 fully saturated rings. The monoisotopic (exact) mass is 380 g/mol. The normalized spacial score (nSPS) is 12.0. The minimum Gasteiger partial charge on any atom is -0.451 e. The molecule has 0 saturated heterocycles. The van der Waals surface area contributed by atoms with Crippen LogP contribution in [0.2, 0.25) is 0 Å². The molecule has 0 atom stereocenters. The van der Waals surface area contributed by atoms with E-state index in [-0.39, 0.29) is 20.7 Å². The van der Waals surface area contributed by atoms with Gasteiger partial charge in [-0.25, -0.2) is 8.42 Å². The molecule has 2 rings (SSSR count). The Balaban J connectivity index is 2.19. The van der Waals surface area contributed by atoms with Crippen molar-refractivity contribution in [2.24, 2.45) is 0 Å². The third kappa shape index (κ3) is 3.78. The SMILES string of the molecule is CC(C)NCc1cc(S(=O)(=O)Nc2nncs2)c(Br)o1. The predicted molar refractivity (Wildman–Crippen MR) is 79.1 cm³/mol. The lowest BCUT2D eigenvalue weighted by Gasteiger charge is -2.04. The van der Waals surface area contributed by atoms with Crippen molar-refractivity contribution >= 4 is 42.4 Å². The van der Waals surface area contributed by atoms with Crippen LogP contribution in [0.1, 0.15) is 19.6 Å². The summed E-state index contributed by atoms with van der Waals surface area (Å²) in [6, 6.07) is 1.75. The Bertz CT molecular complexity index is 667. The molecule has 0 aliphatic heterocycles. The molecule has 2 aromatic rings. The van der Waals surface area contributed by atoms with E-state index in [1.807, 2.05) is 13.8 Å². The van der Waals surface area contributed by atoms with Crippen LogP contribution in [0.15, 0.2) is 25.6 Å². The second-order valence-corrected chi connectivity index (χ2v) is 7.44. The van der Waals surface area contributed by atoms with E-state index in [1.165, 1.54) is 11.6 Å². The summed E-state index contributed by atoms with van der Waals surface area (Å²) >= 11 is 4.22. The van der Waals surface area contributed by atoms with E-state index in [0.29, 0.717) is 12.3 Å². The topological polar surface area (TPSA) is 97.1 Å². The summed E-state index contributed by atoms with van der Waals surface area (Å²) in [6.07, 6.45) is 0. The number of rotatable bonds is 6. The first-order valence-corrected chi connectivity index (χ1v) is 8.84. The zero-order valence-corrected chi connectivity index (χ0v) is 14.0. The molecule has 0 saturated carbocycles. The van der Waals surface area contributed by atoms with Crippen molar-refractivity contribution < 1.29 is 12.8 Å². The molecule has 7 nitrogen and oxygen atoms in total. The molecule has 2 N–H and O–H groups in total. The highest BCUT2D eigenvalue weighted by atomic mass is 79.9. The van der Waals surface area contributed by atoms with Gasteiger partial charge in [-0.05, 0) is 15.9 Å². The highest BCUT2D eigenvalue weighted by molar-refractivity contribution is 9.10. The number of aromatic nitrogens is 2. The van der Waals surface area contributed by atoms with Gasteiger partial charge in [0.15, 0.2) is 4.67 Å². The van der Waals surface area contributed by atoms with Gasteiger partial charge >= 0.3 is 0 Å². The molecule has 0 spiro atoms. The van der Waals surface area contributed by atoms with Crippen LogP contribution in [-0.2, 0) is 16.6 Å². The summed E-state index contributed by atoms with van der Waals surface area (Å²) in [4.78, 5) is 0.0354. The number of nitrogens with one attached hydrogen (secondary N) is 2. The number of nitrogens with zero attached hydrogens (tertiary/aromatic N) is 2. The van der Waals surface area contributed by atoms with Gasteiger partial charge in [0, 0.05) is 12.1 Å². The van der Waals surface area contributed by atoms with Gasteiger partial charge in [-0.15, -0.1) is 10.2 Å². The van der Waals surface area contributed by atoms with Crippen LogP contribution in [0.4, 0.5) is 5.13 Å². The highest BCUT2D eigenvalue weighted by Gasteiger charge is 2.23. The first kappa shape index (κ1) is 15.4. The Kier molecular flexibility index (Phi) is 4.78. The Morgan fingerprint density at radius 3 is 2.85 bits per heavy atom. The molecule has 0 bridgehead atoms. The summed E-state index contributed by atoms with van der Waals surface area (Å²) in [5.41, 5.74) is 1.44. The smallest absolute Gasteiger partial charge is 0.268 e. The fourth-order valence-corrected chi connectivity index (χ4v) is 4.05. The molecule has 0 aliphatic carbocycles. The van der Waals surface area contributed by atoms with Crippen LogP contribution < -0.4 is 10.0 Å². The first-order valence-electron chi connectivity index (χ1n) is 5.69. The van der Waals surface area contributed by atoms with Gasteiger partial charge in [-0.3, -0.25) is 4.72 Å². The fraction of sp³-hybridized carbons (Fsp3) is 0.400. The van der Waals surface area contributed by atoms with Crippen molar-refractivity contribution in [2.45, 2.75) is 31.3 Å². The molecule has 2 heterocycles. The van der Waals surface area contributed by atoms with E-state index in [0.717, 1.165) is 11.3 Å². The lowest BCUT2D eigenvalue weighted by atomic mass is 10.3. The summed E-state index contributed by atoms with van der Waals surface area (Å²) < 4.78 is 32.3. The number of sulfonamides is 1. The van der Waals surface area contributed by atoms with E-state index >= 15 is 0 Å². The minimum absolute atomic E-state index is 0.0354. The molecule has 0 radical (unpaired) electrons. The van der Waals surface area contributed by atoms with Gasteiger partial charge in [0.25, 0.3) is 10.0 Å². The zero-order chi connectivity index (χ0) is 14.8. The van der Waals surface area contributed by atoms with Crippen molar-refractivity contribution in [3.05, 3.63) is 22.0 Å². The van der Waals surface area contributed by atoms with E-state index in [4.69, 9.17) is 4.42 Å². The van der Waals surface area contributed by atoms with Gasteiger partial charge in [0.2, 0.25) is 5.13 Å². The van der Waals surface area contributed by atoms with Crippen LogP contribution >= 0.6 is 27.3 Å². The molecular weight excluding hydrogens is 368 g/mol. The van der Waals surface area contributed by atoms with Crippen LogP contribution in [0, 0.1) is 0 Å². The molecule has 0 amide bonds. The average Bonchev–Trinajstić information content (AvgIpc) is 2.95. The second kappa shape index (κ2) is 6.20. The summed E-state index contributed by atoms with van der Waals surface area (Å²) in [5, 5.41) is 10.6. The maximum absolute atomic E-state index is 12.2. The van der Waals surface area contributed by atoms with Crippen LogP contribution in [0.5, 0.6) is 0 Å². The van der Waals surface area contributed by atoms with Crippen molar-refractivity contribution in [1.29, 1.82) is 0 Å². The molecule has 2 aromatic heterocycles. The lowest BCUT2D eigenvalue weighted by Crippen LogP contribution is -2.21. The summed E-state index contributed by atoms with van der Waals surface area (Å²) in [6.45, 7) is 4.43. The van der Waals surface area contributed by atoms with Gasteiger partial charge < -0.3 is 9.73 Å². The van der Waals surface area contributed by atoms with E-state index < -0.39 is 10.0 Å². The molecule has 10 heteroatoms. The maximum Gasteiger partial charge on any atom is 0.268 e. The highest BCUT2D eigenvalue weighted by Crippen LogP contribution is 2.28. The number of hydrogen-bond acceptors (Lipinski definition) is 7. The quantitative estimate of drug-likeness (QED) is 0.796. The van der Waals surface area contributed by atoms with Crippen LogP contribution in [0.25, 0.3) is 0 Å². The Morgan fingerprint density at radius 2 is 2.25 bits per heavy atom. The number of halogens is 1. The van der Waals surface area contributed by atoms with Gasteiger partial charge in [0.1, 0.15) is 16.2 Å². The van der Waals surface area contributed by atoms with Crippen molar-refractivity contribution in [2.75, 3.05) is 4.72 Å². The largest absolute Gasteiger partial charge is 0.451 e. The minimum atomic E-state index is -3.74.